The molecule has 24 heavy (non-hydrogen) atoms. The number of amides is 1. The summed E-state index contributed by atoms with van der Waals surface area (Å²) in [6.45, 7) is 1.34. The van der Waals surface area contributed by atoms with Gasteiger partial charge >= 0.3 is 0 Å². The number of piperidine rings is 1. The third kappa shape index (κ3) is 3.97. The predicted octanol–water partition coefficient (Wildman–Crippen LogP) is 2.96. The van der Waals surface area contributed by atoms with Gasteiger partial charge in [0.2, 0.25) is 0 Å². The smallest absolute Gasteiger partial charge is 0.253 e. The van der Waals surface area contributed by atoms with Crippen LogP contribution in [-0.4, -0.2) is 60.6 Å². The molecule has 0 N–H and O–H groups in total. The van der Waals surface area contributed by atoms with Gasteiger partial charge < -0.3 is 14.5 Å². The quantitative estimate of drug-likeness (QED) is 0.732. The first-order valence-corrected chi connectivity index (χ1v) is 8.87. The first-order valence-electron chi connectivity index (χ1n) is 7.70. The number of ether oxygens (including phenoxy) is 1. The molecule has 9 heteroatoms. The zero-order valence-corrected chi connectivity index (χ0v) is 15.2. The lowest BCUT2D eigenvalue weighted by Gasteiger charge is -2.38. The molecule has 0 aromatic carbocycles. The van der Waals surface area contributed by atoms with Gasteiger partial charge in [-0.1, -0.05) is 11.6 Å². The van der Waals surface area contributed by atoms with Gasteiger partial charge in [-0.25, -0.2) is 13.8 Å². The van der Waals surface area contributed by atoms with Gasteiger partial charge in [-0.2, -0.15) is 0 Å². The van der Waals surface area contributed by atoms with E-state index in [0.717, 1.165) is 4.47 Å². The molecular weight excluding hydrogens is 408 g/mol. The number of hydrogen-bond acceptors (Lipinski definition) is 4. The fourth-order valence-electron chi connectivity index (χ4n) is 2.89. The Labute approximate surface area is 152 Å². The molecule has 1 unspecified atom stereocenters. The van der Waals surface area contributed by atoms with Crippen molar-refractivity contribution in [1.82, 2.24) is 9.88 Å². The second-order valence-electron chi connectivity index (χ2n) is 5.95. The molecule has 0 aliphatic carbocycles. The summed E-state index contributed by atoms with van der Waals surface area (Å²) in [5.74, 6) is -2.33. The molecule has 132 valence electrons. The summed E-state index contributed by atoms with van der Waals surface area (Å²) in [6, 6.07) is 1.74. The van der Waals surface area contributed by atoms with E-state index in [2.05, 4.69) is 20.9 Å². The largest absolute Gasteiger partial charge is 0.365 e. The van der Waals surface area contributed by atoms with E-state index in [1.807, 2.05) is 4.90 Å². The van der Waals surface area contributed by atoms with Gasteiger partial charge in [-0.05, 0) is 22.0 Å². The number of rotatable bonds is 2. The number of pyridine rings is 1. The van der Waals surface area contributed by atoms with Crippen LogP contribution < -0.4 is 4.90 Å². The zero-order valence-electron chi connectivity index (χ0n) is 12.9. The molecule has 2 aliphatic heterocycles. The summed E-state index contributed by atoms with van der Waals surface area (Å²) >= 11 is 9.52. The van der Waals surface area contributed by atoms with Gasteiger partial charge in [0.25, 0.3) is 11.8 Å². The lowest BCUT2D eigenvalue weighted by atomic mass is 10.1. The molecule has 0 bridgehead atoms. The molecule has 1 amide bonds. The van der Waals surface area contributed by atoms with Crippen molar-refractivity contribution in [2.75, 3.05) is 37.7 Å². The first-order chi connectivity index (χ1) is 11.4. The Bertz CT molecular complexity index is 625. The van der Waals surface area contributed by atoms with Crippen LogP contribution >= 0.6 is 27.5 Å². The number of morpholine rings is 1. The maximum Gasteiger partial charge on any atom is 0.253 e. The molecule has 2 fully saturated rings. The fourth-order valence-corrected chi connectivity index (χ4v) is 3.64. The van der Waals surface area contributed by atoms with Crippen molar-refractivity contribution in [2.24, 2.45) is 0 Å². The van der Waals surface area contributed by atoms with Gasteiger partial charge in [0.1, 0.15) is 5.82 Å². The lowest BCUT2D eigenvalue weighted by Crippen LogP contribution is -2.53. The van der Waals surface area contributed by atoms with Crippen LogP contribution in [0.15, 0.2) is 16.7 Å². The molecule has 5 nitrogen and oxygen atoms in total. The Morgan fingerprint density at radius 3 is 2.75 bits per heavy atom. The highest BCUT2D eigenvalue weighted by atomic mass is 79.9. The number of alkyl halides is 2. The molecule has 3 rings (SSSR count). The molecule has 2 aliphatic rings. The molecule has 0 radical (unpaired) electrons. The van der Waals surface area contributed by atoms with Crippen LogP contribution in [0.5, 0.6) is 0 Å². The summed E-state index contributed by atoms with van der Waals surface area (Å²) in [6.07, 6.45) is 0.358. The zero-order chi connectivity index (χ0) is 17.3. The number of carbonyl (C=O) groups excluding carboxylic acids is 1. The molecule has 1 aromatic heterocycles. The molecular formula is C15H17BrClF2N3O2. The van der Waals surface area contributed by atoms with Crippen LogP contribution in [0.2, 0.25) is 5.02 Å². The maximum atomic E-state index is 13.2. The van der Waals surface area contributed by atoms with Crippen LogP contribution in [0.3, 0.4) is 0 Å². The van der Waals surface area contributed by atoms with Crippen molar-refractivity contribution in [3.63, 3.8) is 0 Å². The summed E-state index contributed by atoms with van der Waals surface area (Å²) in [5, 5.41) is 0.482. The maximum absolute atomic E-state index is 13.2. The van der Waals surface area contributed by atoms with E-state index in [0.29, 0.717) is 30.5 Å². The van der Waals surface area contributed by atoms with Crippen molar-refractivity contribution in [3.05, 3.63) is 21.8 Å². The van der Waals surface area contributed by atoms with Crippen molar-refractivity contribution >= 4 is 39.3 Å². The molecule has 1 aromatic rings. The van der Waals surface area contributed by atoms with E-state index >= 15 is 0 Å². The van der Waals surface area contributed by atoms with Gasteiger partial charge in [0.15, 0.2) is 6.10 Å². The number of nitrogens with zero attached hydrogens (tertiary/aromatic N) is 3. The Kier molecular flexibility index (Phi) is 5.27. The van der Waals surface area contributed by atoms with E-state index < -0.39 is 12.0 Å². The van der Waals surface area contributed by atoms with E-state index in [4.69, 9.17) is 16.3 Å². The molecule has 1 atom stereocenters. The number of carbonyl (C=O) groups is 1. The second kappa shape index (κ2) is 7.09. The van der Waals surface area contributed by atoms with E-state index in [1.165, 1.54) is 4.90 Å². The van der Waals surface area contributed by atoms with Crippen LogP contribution in [0.1, 0.15) is 12.8 Å². The molecule has 0 spiro atoms. The lowest BCUT2D eigenvalue weighted by molar-refractivity contribution is -0.150. The van der Waals surface area contributed by atoms with Crippen molar-refractivity contribution < 1.29 is 18.3 Å². The molecule has 2 saturated heterocycles. The fraction of sp³-hybridized carbons (Fsp3) is 0.600. The number of halogens is 4. The van der Waals surface area contributed by atoms with Crippen LogP contribution in [-0.2, 0) is 9.53 Å². The highest BCUT2D eigenvalue weighted by molar-refractivity contribution is 9.10. The van der Waals surface area contributed by atoms with Gasteiger partial charge in [0.05, 0.1) is 18.2 Å². The van der Waals surface area contributed by atoms with Crippen molar-refractivity contribution in [3.8, 4) is 0 Å². The Morgan fingerprint density at radius 1 is 1.38 bits per heavy atom. The standard InChI is InChI=1S/C15H17BrClF2N3O2/c16-10-7-11(17)13(20-8-10)22-5-6-24-12(9-22)14(23)21-3-1-15(18,19)2-4-21/h7-8,12H,1-6,9H2. The van der Waals surface area contributed by atoms with Crippen LogP contribution in [0.25, 0.3) is 0 Å². The SMILES string of the molecule is O=C(C1CN(c2ncc(Br)cc2Cl)CCO1)N1CCC(F)(F)CC1. The van der Waals surface area contributed by atoms with Crippen LogP contribution in [0.4, 0.5) is 14.6 Å². The summed E-state index contributed by atoms with van der Waals surface area (Å²) in [5.41, 5.74) is 0. The average molecular weight is 425 g/mol. The van der Waals surface area contributed by atoms with Gasteiger partial charge in [-0.15, -0.1) is 0 Å². The minimum atomic E-state index is -2.68. The van der Waals surface area contributed by atoms with Crippen molar-refractivity contribution in [1.29, 1.82) is 0 Å². The first kappa shape index (κ1) is 17.8. The van der Waals surface area contributed by atoms with Crippen LogP contribution in [0, 0.1) is 0 Å². The normalized spacial score (nSPS) is 24.1. The van der Waals surface area contributed by atoms with Gasteiger partial charge in [0, 0.05) is 43.1 Å². The minimum Gasteiger partial charge on any atom is -0.365 e. The number of likely N-dealkylation sites (tertiary alicyclic amines) is 1. The number of anilines is 1. The predicted molar refractivity (Wildman–Crippen MR) is 89.7 cm³/mol. The van der Waals surface area contributed by atoms with E-state index in [1.54, 1.807) is 12.3 Å². The minimum absolute atomic E-state index is 0.0585. The number of aromatic nitrogens is 1. The Balaban J connectivity index is 1.66. The topological polar surface area (TPSA) is 45.7 Å². The summed E-state index contributed by atoms with van der Waals surface area (Å²) in [7, 11) is 0. The summed E-state index contributed by atoms with van der Waals surface area (Å²) in [4.78, 5) is 20.2. The highest BCUT2D eigenvalue weighted by Crippen LogP contribution is 2.30. The monoisotopic (exact) mass is 423 g/mol. The third-order valence-corrected chi connectivity index (χ3v) is 4.95. The highest BCUT2D eigenvalue weighted by Gasteiger charge is 2.38. The molecule has 3 heterocycles. The van der Waals surface area contributed by atoms with Crippen molar-refractivity contribution in [2.45, 2.75) is 24.9 Å². The number of hydrogen-bond donors (Lipinski definition) is 0. The van der Waals surface area contributed by atoms with E-state index in [9.17, 15) is 13.6 Å². The third-order valence-electron chi connectivity index (χ3n) is 4.24. The van der Waals surface area contributed by atoms with E-state index in [-0.39, 0.29) is 31.8 Å². The Morgan fingerprint density at radius 2 is 2.08 bits per heavy atom. The second-order valence-corrected chi connectivity index (χ2v) is 7.27. The average Bonchev–Trinajstić information content (AvgIpc) is 2.54. The van der Waals surface area contributed by atoms with Gasteiger partial charge in [-0.3, -0.25) is 4.79 Å². The Hall–Kier alpha value is -0.990. The summed E-state index contributed by atoms with van der Waals surface area (Å²) < 4.78 is 32.8. The molecule has 0 saturated carbocycles.